The molecule has 0 saturated carbocycles. The fraction of sp³-hybridized carbons (Fsp3) is 0.333. The summed E-state index contributed by atoms with van der Waals surface area (Å²) in [6, 6.07) is 5.25. The molecule has 0 saturated heterocycles. The fourth-order valence-corrected chi connectivity index (χ4v) is 2.30. The highest BCUT2D eigenvalue weighted by Crippen LogP contribution is 2.45. The number of phenolic OH excluding ortho intramolecular Hbond substituents is 3. The molecule has 2 aromatic rings. The third-order valence-electron chi connectivity index (χ3n) is 3.66. The molecule has 0 bridgehead atoms. The van der Waals surface area contributed by atoms with Gasteiger partial charge in [-0.25, -0.2) is 0 Å². The van der Waals surface area contributed by atoms with Crippen LogP contribution in [0.2, 0.25) is 0 Å². The molecule has 0 spiro atoms. The third kappa shape index (κ3) is 2.97. The average molecular weight is 288 g/mol. The highest BCUT2D eigenvalue weighted by Gasteiger charge is 2.19. The molecule has 3 nitrogen and oxygen atoms in total. The fourth-order valence-electron chi connectivity index (χ4n) is 2.30. The van der Waals surface area contributed by atoms with Gasteiger partial charge in [0.15, 0.2) is 0 Å². The van der Waals surface area contributed by atoms with Gasteiger partial charge >= 0.3 is 0 Å². The average Bonchev–Trinajstić information content (AvgIpc) is 2.47. The van der Waals surface area contributed by atoms with Crippen molar-refractivity contribution >= 4 is 0 Å². The lowest BCUT2D eigenvalue weighted by atomic mass is 9.92. The number of rotatable bonds is 1. The van der Waals surface area contributed by atoms with Gasteiger partial charge < -0.3 is 15.3 Å². The van der Waals surface area contributed by atoms with Gasteiger partial charge in [-0.3, -0.25) is 0 Å². The van der Waals surface area contributed by atoms with Crippen LogP contribution >= 0.6 is 0 Å². The minimum absolute atomic E-state index is 0.0982. The Balaban J connectivity index is 0.00000106. The van der Waals surface area contributed by atoms with Crippen molar-refractivity contribution < 1.29 is 15.3 Å². The Labute approximate surface area is 126 Å². The minimum Gasteiger partial charge on any atom is -0.507 e. The zero-order valence-corrected chi connectivity index (χ0v) is 13.6. The van der Waals surface area contributed by atoms with Crippen molar-refractivity contribution in [2.75, 3.05) is 0 Å². The summed E-state index contributed by atoms with van der Waals surface area (Å²) in [5.74, 6) is 0.360. The quantitative estimate of drug-likeness (QED) is 0.665. The molecule has 0 fully saturated rings. The van der Waals surface area contributed by atoms with Crippen LogP contribution in [0.1, 0.15) is 36.1 Å². The standard InChI is InChI=1S/C16H18O3.C2H6/c1-8-5-6-12(13(17)7-8)14-11(4)15(18)9(2)10(3)16(14)19;1-2/h5-7,17-19H,1-4H3;1-2H3. The SMILES string of the molecule is CC.Cc1ccc(-c2c(C)c(O)c(C)c(C)c2O)c(O)c1. The van der Waals surface area contributed by atoms with Gasteiger partial charge in [0.2, 0.25) is 0 Å². The Hall–Kier alpha value is -2.16. The Bertz CT molecular complexity index is 629. The van der Waals surface area contributed by atoms with Crippen LogP contribution in [0.5, 0.6) is 17.2 Å². The summed E-state index contributed by atoms with van der Waals surface area (Å²) in [7, 11) is 0. The molecule has 0 unspecified atom stereocenters. The molecule has 0 aliphatic heterocycles. The molecule has 0 radical (unpaired) electrons. The molecule has 2 aromatic carbocycles. The second kappa shape index (κ2) is 6.53. The van der Waals surface area contributed by atoms with Gasteiger partial charge in [0, 0.05) is 16.7 Å². The van der Waals surface area contributed by atoms with E-state index in [1.807, 2.05) is 26.8 Å². The lowest BCUT2D eigenvalue weighted by Crippen LogP contribution is -1.93. The summed E-state index contributed by atoms with van der Waals surface area (Å²) in [5.41, 5.74) is 3.80. The molecule has 3 heteroatoms. The predicted molar refractivity (Wildman–Crippen MR) is 87.2 cm³/mol. The van der Waals surface area contributed by atoms with Crippen LogP contribution in [0.25, 0.3) is 11.1 Å². The Morgan fingerprint density at radius 2 is 1.24 bits per heavy atom. The molecule has 0 atom stereocenters. The van der Waals surface area contributed by atoms with E-state index in [4.69, 9.17) is 0 Å². The van der Waals surface area contributed by atoms with Gasteiger partial charge in [0.05, 0.1) is 0 Å². The summed E-state index contributed by atoms with van der Waals surface area (Å²) in [6.07, 6.45) is 0. The summed E-state index contributed by atoms with van der Waals surface area (Å²) in [6.45, 7) is 11.1. The topological polar surface area (TPSA) is 60.7 Å². The number of benzene rings is 2. The molecule has 2 rings (SSSR count). The maximum atomic E-state index is 10.3. The first-order valence-corrected chi connectivity index (χ1v) is 7.16. The highest BCUT2D eigenvalue weighted by molar-refractivity contribution is 5.82. The summed E-state index contributed by atoms with van der Waals surface area (Å²) in [4.78, 5) is 0. The van der Waals surface area contributed by atoms with Gasteiger partial charge in [0.1, 0.15) is 17.2 Å². The van der Waals surface area contributed by atoms with Crippen LogP contribution in [0.15, 0.2) is 18.2 Å². The van der Waals surface area contributed by atoms with Crippen LogP contribution in [-0.4, -0.2) is 15.3 Å². The summed E-state index contributed by atoms with van der Waals surface area (Å²) >= 11 is 0. The van der Waals surface area contributed by atoms with Crippen LogP contribution in [0, 0.1) is 27.7 Å². The monoisotopic (exact) mass is 288 g/mol. The molecular weight excluding hydrogens is 264 g/mol. The smallest absolute Gasteiger partial charge is 0.127 e. The first-order chi connectivity index (χ1) is 9.84. The molecule has 0 aliphatic rings. The van der Waals surface area contributed by atoms with Crippen molar-refractivity contribution in [3.63, 3.8) is 0 Å². The zero-order valence-electron chi connectivity index (χ0n) is 13.6. The number of aryl methyl sites for hydroxylation is 1. The Morgan fingerprint density at radius 3 is 1.76 bits per heavy atom. The normalized spacial score (nSPS) is 10.0. The van der Waals surface area contributed by atoms with E-state index in [2.05, 4.69) is 0 Å². The second-order valence-electron chi connectivity index (χ2n) is 4.97. The lowest BCUT2D eigenvalue weighted by molar-refractivity contribution is 0.449. The van der Waals surface area contributed by atoms with Crippen LogP contribution in [0.4, 0.5) is 0 Å². The zero-order chi connectivity index (χ0) is 16.3. The van der Waals surface area contributed by atoms with Crippen molar-refractivity contribution in [2.24, 2.45) is 0 Å². The number of hydrogen-bond donors (Lipinski definition) is 3. The van der Waals surface area contributed by atoms with Gasteiger partial charge in [-0.15, -0.1) is 0 Å². The molecular formula is C18H24O3. The van der Waals surface area contributed by atoms with Crippen molar-refractivity contribution in [1.82, 2.24) is 0 Å². The van der Waals surface area contributed by atoms with Gasteiger partial charge in [-0.05, 0) is 50.5 Å². The maximum Gasteiger partial charge on any atom is 0.127 e. The van der Waals surface area contributed by atoms with E-state index in [0.29, 0.717) is 27.8 Å². The number of phenols is 3. The maximum absolute atomic E-state index is 10.3. The third-order valence-corrected chi connectivity index (χ3v) is 3.66. The van der Waals surface area contributed by atoms with Gasteiger partial charge in [-0.2, -0.15) is 0 Å². The van der Waals surface area contributed by atoms with E-state index in [9.17, 15) is 15.3 Å². The Kier molecular flexibility index (Phi) is 5.25. The first-order valence-electron chi connectivity index (χ1n) is 7.16. The molecule has 0 aromatic heterocycles. The van der Waals surface area contributed by atoms with E-state index >= 15 is 0 Å². The molecule has 0 aliphatic carbocycles. The van der Waals surface area contributed by atoms with Crippen LogP contribution in [0.3, 0.4) is 0 Å². The lowest BCUT2D eigenvalue weighted by Gasteiger charge is -2.17. The first kappa shape index (κ1) is 16.9. The van der Waals surface area contributed by atoms with Crippen molar-refractivity contribution in [2.45, 2.75) is 41.5 Å². The largest absolute Gasteiger partial charge is 0.507 e. The highest BCUT2D eigenvalue weighted by atomic mass is 16.3. The minimum atomic E-state index is 0.0982. The molecule has 0 amide bonds. The summed E-state index contributed by atoms with van der Waals surface area (Å²) < 4.78 is 0. The second-order valence-corrected chi connectivity index (χ2v) is 4.97. The molecule has 114 valence electrons. The van der Waals surface area contributed by atoms with E-state index in [-0.39, 0.29) is 17.2 Å². The molecule has 3 N–H and O–H groups in total. The number of hydrogen-bond acceptors (Lipinski definition) is 3. The van der Waals surface area contributed by atoms with E-state index in [0.717, 1.165) is 5.56 Å². The van der Waals surface area contributed by atoms with E-state index in [1.165, 1.54) is 0 Å². The van der Waals surface area contributed by atoms with Gasteiger partial charge in [-0.1, -0.05) is 26.0 Å². The van der Waals surface area contributed by atoms with Crippen LogP contribution < -0.4 is 0 Å². The van der Waals surface area contributed by atoms with Crippen molar-refractivity contribution in [3.8, 4) is 28.4 Å². The number of aromatic hydroxyl groups is 3. The van der Waals surface area contributed by atoms with E-state index < -0.39 is 0 Å². The molecule has 0 heterocycles. The summed E-state index contributed by atoms with van der Waals surface area (Å²) in [5, 5.41) is 30.5. The van der Waals surface area contributed by atoms with Crippen molar-refractivity contribution in [1.29, 1.82) is 0 Å². The van der Waals surface area contributed by atoms with Gasteiger partial charge in [0.25, 0.3) is 0 Å². The Morgan fingerprint density at radius 1 is 0.714 bits per heavy atom. The van der Waals surface area contributed by atoms with Crippen LogP contribution in [-0.2, 0) is 0 Å². The van der Waals surface area contributed by atoms with Crippen molar-refractivity contribution in [3.05, 3.63) is 40.5 Å². The molecule has 21 heavy (non-hydrogen) atoms. The predicted octanol–water partition coefficient (Wildman–Crippen LogP) is 4.73. The van der Waals surface area contributed by atoms with E-state index in [1.54, 1.807) is 32.9 Å².